The summed E-state index contributed by atoms with van der Waals surface area (Å²) in [4.78, 5) is 47.6. The van der Waals surface area contributed by atoms with Crippen LogP contribution in [0.4, 0.5) is 38.9 Å². The quantitative estimate of drug-likeness (QED) is 0.170. The monoisotopic (exact) mass is 650 g/mol. The molecule has 11 nitrogen and oxygen atoms in total. The second-order valence-corrected chi connectivity index (χ2v) is 10.9. The van der Waals surface area contributed by atoms with Gasteiger partial charge >= 0.3 is 18.2 Å². The number of alkyl halides is 4. The molecule has 3 amide bonds. The summed E-state index contributed by atoms with van der Waals surface area (Å²) in [6.07, 6.45) is 2.78. The van der Waals surface area contributed by atoms with Gasteiger partial charge in [0.1, 0.15) is 12.4 Å². The van der Waals surface area contributed by atoms with Crippen molar-refractivity contribution in [2.75, 3.05) is 22.1 Å². The molecule has 16 heteroatoms. The lowest BCUT2D eigenvalue weighted by molar-refractivity contribution is -0.137. The highest BCUT2D eigenvalue weighted by atomic mass is 32.1. The van der Waals surface area contributed by atoms with Crippen molar-refractivity contribution < 1.29 is 31.9 Å². The molecule has 5 aromatic rings. The van der Waals surface area contributed by atoms with Crippen molar-refractivity contribution in [3.8, 4) is 33.5 Å². The number of nitrogens with one attached hydrogen (secondary N) is 2. The lowest BCUT2D eigenvalue weighted by Crippen LogP contribution is -2.23. The largest absolute Gasteiger partial charge is 0.424 e. The molecule has 0 unspecified atom stereocenters. The van der Waals surface area contributed by atoms with Crippen LogP contribution in [0.2, 0.25) is 0 Å². The predicted octanol–water partition coefficient (Wildman–Crippen LogP) is 7.11. The van der Waals surface area contributed by atoms with Gasteiger partial charge in [0.2, 0.25) is 5.91 Å². The zero-order chi connectivity index (χ0) is 32.3. The van der Waals surface area contributed by atoms with Crippen molar-refractivity contribution >= 4 is 39.8 Å². The Morgan fingerprint density at radius 2 is 1.67 bits per heavy atom. The van der Waals surface area contributed by atoms with E-state index in [1.54, 1.807) is 23.2 Å². The van der Waals surface area contributed by atoms with Gasteiger partial charge in [-0.15, -0.1) is 0 Å². The molecule has 0 atom stereocenters. The van der Waals surface area contributed by atoms with Gasteiger partial charge in [0.05, 0.1) is 45.6 Å². The molecule has 0 radical (unpaired) electrons. The first-order chi connectivity index (χ1) is 22.2. The second-order valence-electron chi connectivity index (χ2n) is 9.91. The van der Waals surface area contributed by atoms with Crippen LogP contribution in [0.15, 0.2) is 73.4 Å². The molecule has 5 heterocycles. The molecule has 1 fully saturated rings. The molecule has 1 aliphatic heterocycles. The van der Waals surface area contributed by atoms with Crippen LogP contribution < -0.4 is 20.3 Å². The molecular formula is C30H22F4N8O3S. The Kier molecular flexibility index (Phi) is 8.52. The normalized spacial score (nSPS) is 13.1. The second kappa shape index (κ2) is 12.8. The van der Waals surface area contributed by atoms with Crippen LogP contribution in [-0.2, 0) is 17.6 Å². The van der Waals surface area contributed by atoms with Crippen molar-refractivity contribution in [2.24, 2.45) is 0 Å². The van der Waals surface area contributed by atoms with Crippen molar-refractivity contribution in [2.45, 2.75) is 25.7 Å². The predicted molar refractivity (Wildman–Crippen MR) is 161 cm³/mol. The average Bonchev–Trinajstić information content (AvgIpc) is 3.71. The standard InChI is InChI=1S/C30H22F4N8O3S/c31-11-20-6-3-18(12-35-20)26-23(10-19(13-36-26)30(32,33)34)41-27(44)40-21-14-37-28(38-15-21)45-22-7-4-17(5-8-22)24-16-39-29(46-24)42-9-1-2-25(42)43/h3-8,10,12-16H,1-2,9,11H2,(H2,40,41,44). The summed E-state index contributed by atoms with van der Waals surface area (Å²) in [5.41, 5.74) is 0.113. The number of carbonyl (C=O) groups excluding carboxylic acids is 2. The SMILES string of the molecule is O=C(Nc1cnc(Oc2ccc(-c3cnc(N4CCCC4=O)s3)cc2)nc1)Nc1cc(C(F)(F)F)cnc1-c1ccc(CF)nc1. The van der Waals surface area contributed by atoms with E-state index in [1.165, 1.54) is 42.1 Å². The summed E-state index contributed by atoms with van der Waals surface area (Å²) in [5, 5.41) is 5.49. The van der Waals surface area contributed by atoms with Crippen molar-refractivity contribution in [1.29, 1.82) is 0 Å². The molecule has 1 saturated heterocycles. The Morgan fingerprint density at radius 1 is 0.913 bits per heavy atom. The van der Waals surface area contributed by atoms with Gasteiger partial charge in [-0.2, -0.15) is 13.2 Å². The number of rotatable bonds is 8. The molecule has 6 rings (SSSR count). The van der Waals surface area contributed by atoms with Crippen LogP contribution in [0.25, 0.3) is 21.7 Å². The van der Waals surface area contributed by atoms with Crippen LogP contribution in [0.3, 0.4) is 0 Å². The zero-order valence-corrected chi connectivity index (χ0v) is 24.4. The number of benzene rings is 1. The van der Waals surface area contributed by atoms with Crippen molar-refractivity contribution in [1.82, 2.24) is 24.9 Å². The minimum Gasteiger partial charge on any atom is -0.424 e. The molecule has 234 valence electrons. The summed E-state index contributed by atoms with van der Waals surface area (Å²) in [5.74, 6) is 0.518. The van der Waals surface area contributed by atoms with Gasteiger partial charge in [-0.1, -0.05) is 11.3 Å². The average molecular weight is 651 g/mol. The fourth-order valence-corrected chi connectivity index (χ4v) is 5.44. The zero-order valence-electron chi connectivity index (χ0n) is 23.6. The number of amides is 3. The van der Waals surface area contributed by atoms with Gasteiger partial charge in [0.15, 0.2) is 5.13 Å². The summed E-state index contributed by atoms with van der Waals surface area (Å²) in [7, 11) is 0. The molecular weight excluding hydrogens is 628 g/mol. The summed E-state index contributed by atoms with van der Waals surface area (Å²) < 4.78 is 58.7. The fourth-order valence-electron chi connectivity index (χ4n) is 4.47. The van der Waals surface area contributed by atoms with E-state index in [2.05, 4.69) is 35.6 Å². The summed E-state index contributed by atoms with van der Waals surface area (Å²) >= 11 is 1.43. The van der Waals surface area contributed by atoms with E-state index >= 15 is 0 Å². The van der Waals surface area contributed by atoms with E-state index in [0.717, 1.165) is 22.9 Å². The van der Waals surface area contributed by atoms with Gasteiger partial charge in [-0.3, -0.25) is 19.7 Å². The van der Waals surface area contributed by atoms with Crippen LogP contribution in [0.5, 0.6) is 11.8 Å². The highest BCUT2D eigenvalue weighted by Gasteiger charge is 2.32. The Morgan fingerprint density at radius 3 is 2.33 bits per heavy atom. The highest BCUT2D eigenvalue weighted by molar-refractivity contribution is 7.19. The molecule has 2 N–H and O–H groups in total. The molecule has 1 aliphatic rings. The number of nitrogens with zero attached hydrogens (tertiary/aromatic N) is 6. The van der Waals surface area contributed by atoms with Gasteiger partial charge in [0, 0.05) is 37.1 Å². The maximum absolute atomic E-state index is 13.4. The van der Waals surface area contributed by atoms with Gasteiger partial charge < -0.3 is 15.4 Å². The van der Waals surface area contributed by atoms with E-state index in [0.29, 0.717) is 30.0 Å². The van der Waals surface area contributed by atoms with Crippen LogP contribution >= 0.6 is 11.3 Å². The number of pyridine rings is 2. The van der Waals surface area contributed by atoms with E-state index in [1.807, 2.05) is 12.1 Å². The van der Waals surface area contributed by atoms with E-state index in [9.17, 15) is 27.2 Å². The molecule has 4 aromatic heterocycles. The molecule has 1 aromatic carbocycles. The molecule has 0 aliphatic carbocycles. The molecule has 0 bridgehead atoms. The van der Waals surface area contributed by atoms with Crippen LogP contribution in [-0.4, -0.2) is 43.4 Å². The Hall–Kier alpha value is -5.51. The van der Waals surface area contributed by atoms with E-state index in [-0.39, 0.29) is 40.2 Å². The number of hydrogen-bond acceptors (Lipinski definition) is 9. The maximum Gasteiger partial charge on any atom is 0.417 e. The molecule has 0 spiro atoms. The Balaban J connectivity index is 1.10. The Bertz CT molecular complexity index is 1870. The third kappa shape index (κ3) is 6.91. The lowest BCUT2D eigenvalue weighted by atomic mass is 10.1. The van der Waals surface area contributed by atoms with E-state index < -0.39 is 24.4 Å². The van der Waals surface area contributed by atoms with Crippen LogP contribution in [0.1, 0.15) is 24.1 Å². The summed E-state index contributed by atoms with van der Waals surface area (Å²) in [6, 6.07) is 9.76. The van der Waals surface area contributed by atoms with Crippen LogP contribution in [0, 0.1) is 0 Å². The smallest absolute Gasteiger partial charge is 0.417 e. The van der Waals surface area contributed by atoms with Gasteiger partial charge in [-0.05, 0) is 54.4 Å². The minimum atomic E-state index is -4.71. The Labute approximate surface area is 262 Å². The fraction of sp³-hybridized carbons (Fsp3) is 0.167. The summed E-state index contributed by atoms with van der Waals surface area (Å²) in [6.45, 7) is -0.146. The van der Waals surface area contributed by atoms with Crippen molar-refractivity contribution in [3.05, 3.63) is 84.7 Å². The number of aromatic nitrogens is 5. The number of halogens is 4. The first kappa shape index (κ1) is 30.5. The minimum absolute atomic E-state index is 0.00421. The van der Waals surface area contributed by atoms with Gasteiger partial charge in [-0.25, -0.2) is 24.1 Å². The number of ether oxygens (including phenoxy) is 1. The number of hydrogen-bond donors (Lipinski definition) is 2. The lowest BCUT2D eigenvalue weighted by Gasteiger charge is -2.14. The molecule has 0 saturated carbocycles. The van der Waals surface area contributed by atoms with Gasteiger partial charge in [0.25, 0.3) is 0 Å². The number of anilines is 3. The van der Waals surface area contributed by atoms with E-state index in [4.69, 9.17) is 4.74 Å². The highest BCUT2D eigenvalue weighted by Crippen LogP contribution is 2.35. The maximum atomic E-state index is 13.4. The van der Waals surface area contributed by atoms with Crippen molar-refractivity contribution in [3.63, 3.8) is 0 Å². The molecule has 46 heavy (non-hydrogen) atoms. The topological polar surface area (TPSA) is 135 Å². The third-order valence-electron chi connectivity index (χ3n) is 6.73. The first-order valence-electron chi connectivity index (χ1n) is 13.7. The number of thiazole rings is 1. The first-order valence-corrected chi connectivity index (χ1v) is 14.5. The number of urea groups is 1. The third-order valence-corrected chi connectivity index (χ3v) is 7.80. The number of carbonyl (C=O) groups is 2.